The highest BCUT2D eigenvalue weighted by Crippen LogP contribution is 2.30. The van der Waals surface area contributed by atoms with Crippen LogP contribution in [0.2, 0.25) is 0 Å². The summed E-state index contributed by atoms with van der Waals surface area (Å²) in [6.45, 7) is 4.98. The lowest BCUT2D eigenvalue weighted by atomic mass is 9.82. The normalized spacial score (nSPS) is 16.6. The number of rotatable bonds is 10. The Morgan fingerprint density at radius 3 is 2.86 bits per heavy atom. The Labute approximate surface area is 218 Å². The Kier molecular flexibility index (Phi) is 7.86. The molecule has 1 aliphatic heterocycles. The summed E-state index contributed by atoms with van der Waals surface area (Å²) >= 11 is 0. The van der Waals surface area contributed by atoms with Gasteiger partial charge in [0.05, 0.1) is 11.8 Å². The maximum Gasteiger partial charge on any atom is 0.251 e. The third-order valence-electron chi connectivity index (χ3n) is 7.78. The maximum atomic E-state index is 12.7. The molecule has 0 saturated heterocycles. The van der Waals surface area contributed by atoms with E-state index in [2.05, 4.69) is 33.3 Å². The van der Waals surface area contributed by atoms with E-state index in [4.69, 9.17) is 4.74 Å². The van der Waals surface area contributed by atoms with E-state index in [0.29, 0.717) is 24.6 Å². The highest BCUT2D eigenvalue weighted by Gasteiger charge is 2.22. The molecule has 0 spiro atoms. The number of pyridine rings is 1. The maximum absolute atomic E-state index is 12.7. The fourth-order valence-corrected chi connectivity index (χ4v) is 5.28. The number of nitrogens with zero attached hydrogens (tertiary/aromatic N) is 4. The van der Waals surface area contributed by atoms with E-state index >= 15 is 0 Å². The molecule has 37 heavy (non-hydrogen) atoms. The van der Waals surface area contributed by atoms with Gasteiger partial charge in [-0.25, -0.2) is 0 Å². The van der Waals surface area contributed by atoms with Crippen LogP contribution in [0, 0.1) is 12.8 Å². The number of hydrogen-bond acceptors (Lipinski definition) is 6. The molecule has 5 rings (SSSR count). The lowest BCUT2D eigenvalue weighted by Gasteiger charge is -2.31. The summed E-state index contributed by atoms with van der Waals surface area (Å²) in [6, 6.07) is 9.76. The highest BCUT2D eigenvalue weighted by molar-refractivity contribution is 5.94. The molecule has 3 heterocycles. The van der Waals surface area contributed by atoms with E-state index in [-0.39, 0.29) is 12.5 Å². The van der Waals surface area contributed by atoms with Crippen LogP contribution in [0.4, 0.5) is 0 Å². The molecule has 2 aromatic heterocycles. The van der Waals surface area contributed by atoms with Crippen LogP contribution in [0.5, 0.6) is 5.75 Å². The molecule has 1 saturated carbocycles. The predicted molar refractivity (Wildman–Crippen MR) is 141 cm³/mol. The van der Waals surface area contributed by atoms with E-state index in [1.165, 1.54) is 36.0 Å². The smallest absolute Gasteiger partial charge is 0.251 e. The summed E-state index contributed by atoms with van der Waals surface area (Å²) in [5, 5.41) is 17.7. The van der Waals surface area contributed by atoms with Crippen molar-refractivity contribution in [2.24, 2.45) is 13.0 Å². The zero-order chi connectivity index (χ0) is 25.8. The average Bonchev–Trinajstić information content (AvgIpc) is 3.29. The van der Waals surface area contributed by atoms with Gasteiger partial charge in [0.15, 0.2) is 0 Å². The van der Waals surface area contributed by atoms with Crippen LogP contribution >= 0.6 is 0 Å². The van der Waals surface area contributed by atoms with E-state index in [1.807, 2.05) is 29.9 Å². The largest absolute Gasteiger partial charge is 0.487 e. The van der Waals surface area contributed by atoms with Gasteiger partial charge in [0.25, 0.3) is 5.91 Å². The Morgan fingerprint density at radius 1 is 1.24 bits per heavy atom. The quantitative estimate of drug-likeness (QED) is 0.442. The van der Waals surface area contributed by atoms with Gasteiger partial charge in [-0.15, -0.1) is 0 Å². The number of ether oxygens (including phenoxy) is 1. The summed E-state index contributed by atoms with van der Waals surface area (Å²) in [5.41, 5.74) is 6.40. The van der Waals surface area contributed by atoms with Gasteiger partial charge in [0, 0.05) is 56.9 Å². The van der Waals surface area contributed by atoms with Crippen LogP contribution in [0.25, 0.3) is 0 Å². The van der Waals surface area contributed by atoms with Crippen molar-refractivity contribution in [3.8, 4) is 5.75 Å². The molecule has 1 amide bonds. The molecule has 0 radical (unpaired) electrons. The number of aliphatic hydroxyl groups excluding tert-OH is 1. The monoisotopic (exact) mass is 503 g/mol. The van der Waals surface area contributed by atoms with Gasteiger partial charge >= 0.3 is 0 Å². The van der Waals surface area contributed by atoms with Gasteiger partial charge < -0.3 is 15.2 Å². The molecule has 1 fully saturated rings. The van der Waals surface area contributed by atoms with Crippen LogP contribution in [0.1, 0.15) is 57.7 Å². The third-order valence-corrected chi connectivity index (χ3v) is 7.78. The zero-order valence-corrected chi connectivity index (χ0v) is 21.8. The van der Waals surface area contributed by atoms with Gasteiger partial charge in [-0.2, -0.15) is 5.10 Å². The van der Waals surface area contributed by atoms with Gasteiger partial charge in [0.1, 0.15) is 12.4 Å². The number of hydrogen-bond donors (Lipinski definition) is 2. The van der Waals surface area contributed by atoms with Crippen molar-refractivity contribution in [2.75, 3.05) is 19.6 Å². The van der Waals surface area contributed by atoms with Gasteiger partial charge in [-0.3, -0.25) is 19.4 Å². The number of carbonyl (C=O) groups is 1. The lowest BCUT2D eigenvalue weighted by Crippen LogP contribution is -2.42. The average molecular weight is 504 g/mol. The second-order valence-corrected chi connectivity index (χ2v) is 10.4. The van der Waals surface area contributed by atoms with Crippen molar-refractivity contribution in [2.45, 2.75) is 58.3 Å². The number of fused-ring (bicyclic) bond motifs is 1. The number of aryl methyl sites for hydroxylation is 1. The molecule has 196 valence electrons. The van der Waals surface area contributed by atoms with Crippen molar-refractivity contribution in [1.82, 2.24) is 25.0 Å². The van der Waals surface area contributed by atoms with E-state index in [1.54, 1.807) is 18.5 Å². The summed E-state index contributed by atoms with van der Waals surface area (Å²) < 4.78 is 7.91. The molecule has 3 aromatic rings. The molecule has 1 aliphatic carbocycles. The third kappa shape index (κ3) is 6.19. The minimum Gasteiger partial charge on any atom is -0.487 e. The topological polar surface area (TPSA) is 92.5 Å². The van der Waals surface area contributed by atoms with Crippen molar-refractivity contribution in [3.63, 3.8) is 0 Å². The molecule has 1 atom stereocenters. The summed E-state index contributed by atoms with van der Waals surface area (Å²) in [6.07, 6.45) is 8.51. The molecular weight excluding hydrogens is 466 g/mol. The molecule has 0 unspecified atom stereocenters. The summed E-state index contributed by atoms with van der Waals surface area (Å²) in [5.74, 6) is 1.45. The standard InChI is InChI=1S/C29H37N5O3/c1-20-27-10-13-34(17-23(27)6-7-28(20)37-19-25-9-12-32-33(25)2)18-26(35)16-31-29(36)22-8-11-30-24(15-22)14-21-4-3-5-21/h6-9,11-12,15,21,26,35H,3-5,10,13-14,16-19H2,1-2H3,(H,31,36)/t26-/m0/s1. The van der Waals surface area contributed by atoms with Crippen molar-refractivity contribution < 1.29 is 14.6 Å². The Bertz CT molecular complexity index is 1240. The predicted octanol–water partition coefficient (Wildman–Crippen LogP) is 3.19. The minimum absolute atomic E-state index is 0.158. The number of aliphatic hydroxyl groups is 1. The molecular formula is C29H37N5O3. The van der Waals surface area contributed by atoms with Crippen LogP contribution in [-0.4, -0.2) is 56.4 Å². The van der Waals surface area contributed by atoms with Gasteiger partial charge in [-0.1, -0.05) is 25.3 Å². The van der Waals surface area contributed by atoms with Gasteiger partial charge in [0.2, 0.25) is 0 Å². The molecule has 8 nitrogen and oxygen atoms in total. The fourth-order valence-electron chi connectivity index (χ4n) is 5.28. The van der Waals surface area contributed by atoms with E-state index < -0.39 is 6.10 Å². The number of benzene rings is 1. The molecule has 2 aliphatic rings. The first-order valence-corrected chi connectivity index (χ1v) is 13.3. The van der Waals surface area contributed by atoms with Crippen LogP contribution in [0.3, 0.4) is 0 Å². The Morgan fingerprint density at radius 2 is 2.11 bits per heavy atom. The first kappa shape index (κ1) is 25.4. The van der Waals surface area contributed by atoms with Crippen molar-refractivity contribution in [1.29, 1.82) is 0 Å². The number of amides is 1. The SMILES string of the molecule is Cc1c(OCc2ccnn2C)ccc2c1CCN(C[C@@H](O)CNC(=O)c1ccnc(CC3CCC3)c1)C2. The van der Waals surface area contributed by atoms with Crippen molar-refractivity contribution >= 4 is 5.91 Å². The second kappa shape index (κ2) is 11.4. The summed E-state index contributed by atoms with van der Waals surface area (Å²) in [7, 11) is 1.92. The summed E-state index contributed by atoms with van der Waals surface area (Å²) in [4.78, 5) is 19.3. The van der Waals surface area contributed by atoms with Crippen molar-refractivity contribution in [3.05, 3.63) is 76.4 Å². The van der Waals surface area contributed by atoms with Gasteiger partial charge in [-0.05, 0) is 66.6 Å². The lowest BCUT2D eigenvalue weighted by molar-refractivity contribution is 0.0841. The molecule has 0 bridgehead atoms. The molecule has 8 heteroatoms. The number of aromatic nitrogens is 3. The van der Waals surface area contributed by atoms with Crippen LogP contribution in [0.15, 0.2) is 42.7 Å². The number of β-amino-alcohol motifs (C(OH)–C–C–N with tert-alkyl or cyclic N) is 1. The highest BCUT2D eigenvalue weighted by atomic mass is 16.5. The minimum atomic E-state index is -0.635. The van der Waals surface area contributed by atoms with E-state index in [0.717, 1.165) is 43.1 Å². The first-order valence-electron chi connectivity index (χ1n) is 13.3. The Balaban J connectivity index is 1.10. The number of carbonyl (C=O) groups excluding carboxylic acids is 1. The second-order valence-electron chi connectivity index (χ2n) is 10.4. The molecule has 2 N–H and O–H groups in total. The van der Waals surface area contributed by atoms with E-state index in [9.17, 15) is 9.90 Å². The fraction of sp³-hybridized carbons (Fsp3) is 0.483. The van der Waals surface area contributed by atoms with Crippen LogP contribution < -0.4 is 10.1 Å². The van der Waals surface area contributed by atoms with Crippen LogP contribution in [-0.2, 0) is 33.0 Å². The zero-order valence-electron chi connectivity index (χ0n) is 21.8. The first-order chi connectivity index (χ1) is 18.0. The molecule has 1 aromatic carbocycles. The number of nitrogens with one attached hydrogen (secondary N) is 1. The Hall–Kier alpha value is -3.23.